The largest absolute Gasteiger partial charge is 0.354 e. The van der Waals surface area contributed by atoms with Gasteiger partial charge in [0.25, 0.3) is 0 Å². The van der Waals surface area contributed by atoms with Crippen LogP contribution in [0.15, 0.2) is 53.6 Å². The first kappa shape index (κ1) is 22.5. The van der Waals surface area contributed by atoms with E-state index in [0.717, 1.165) is 33.5 Å². The molecule has 3 aromatic rings. The quantitative estimate of drug-likeness (QED) is 0.587. The van der Waals surface area contributed by atoms with Gasteiger partial charge in [-0.3, -0.25) is 9.59 Å². The van der Waals surface area contributed by atoms with Crippen LogP contribution in [0.1, 0.15) is 43.0 Å². The Hall–Kier alpha value is -2.73. The van der Waals surface area contributed by atoms with E-state index in [-0.39, 0.29) is 11.8 Å². The number of hydrogen-bond acceptors (Lipinski definition) is 3. The van der Waals surface area contributed by atoms with Crippen molar-refractivity contribution in [3.8, 4) is 0 Å². The van der Waals surface area contributed by atoms with Crippen LogP contribution in [0, 0.1) is 12.8 Å². The van der Waals surface area contributed by atoms with Crippen LogP contribution in [-0.2, 0) is 23.2 Å². The molecule has 2 heterocycles. The van der Waals surface area contributed by atoms with Gasteiger partial charge >= 0.3 is 0 Å². The van der Waals surface area contributed by atoms with Crippen molar-refractivity contribution in [1.82, 2.24) is 14.8 Å². The van der Waals surface area contributed by atoms with Gasteiger partial charge in [0.1, 0.15) is 6.04 Å². The highest BCUT2D eigenvalue weighted by Crippen LogP contribution is 2.42. The van der Waals surface area contributed by atoms with E-state index in [1.165, 1.54) is 17.3 Å². The molecule has 2 amide bonds. The number of hydrogen-bond donors (Lipinski definition) is 1. The van der Waals surface area contributed by atoms with E-state index in [4.69, 9.17) is 0 Å². The summed E-state index contributed by atoms with van der Waals surface area (Å²) in [5.74, 6) is 0.697. The molecule has 168 valence electrons. The van der Waals surface area contributed by atoms with Crippen LogP contribution in [0.4, 0.5) is 0 Å². The molecule has 0 unspecified atom stereocenters. The maximum atomic E-state index is 13.6. The molecule has 2 aromatic carbocycles. The Kier molecular flexibility index (Phi) is 6.60. The van der Waals surface area contributed by atoms with Gasteiger partial charge in [0.2, 0.25) is 11.8 Å². The van der Waals surface area contributed by atoms with Crippen molar-refractivity contribution in [2.45, 2.75) is 44.8 Å². The third-order valence-electron chi connectivity index (χ3n) is 6.07. The minimum absolute atomic E-state index is 0.0140. The molecule has 1 aromatic heterocycles. The van der Waals surface area contributed by atoms with Crippen molar-refractivity contribution in [3.05, 3.63) is 65.2 Å². The fourth-order valence-electron chi connectivity index (χ4n) is 4.27. The molecule has 0 spiro atoms. The second-order valence-corrected chi connectivity index (χ2v) is 9.93. The van der Waals surface area contributed by atoms with Crippen LogP contribution >= 0.6 is 11.8 Å². The predicted molar refractivity (Wildman–Crippen MR) is 131 cm³/mol. The fourth-order valence-corrected chi connectivity index (χ4v) is 5.37. The van der Waals surface area contributed by atoms with Crippen molar-refractivity contribution in [3.63, 3.8) is 0 Å². The van der Waals surface area contributed by atoms with E-state index in [1.807, 2.05) is 50.4 Å². The van der Waals surface area contributed by atoms with Crippen molar-refractivity contribution in [1.29, 1.82) is 0 Å². The van der Waals surface area contributed by atoms with E-state index in [2.05, 4.69) is 35.9 Å². The standard InChI is InChI=1S/C26H31N3O2S/c1-17(2)13-14-27-25(31)24-23-20-7-5-6-8-21(20)28(4)26(23)32-16-22(30)29(24)15-19-11-9-18(3)10-12-19/h5-12,17,24H,13-16H2,1-4H3,(H,27,31)/t24-/m1/s1. The number of carbonyl (C=O) groups excluding carboxylic acids is 2. The van der Waals surface area contributed by atoms with Gasteiger partial charge in [-0.25, -0.2) is 0 Å². The lowest BCUT2D eigenvalue weighted by atomic mass is 10.0. The smallest absolute Gasteiger partial charge is 0.247 e. The highest BCUT2D eigenvalue weighted by Gasteiger charge is 2.38. The lowest BCUT2D eigenvalue weighted by Crippen LogP contribution is -2.43. The number of amides is 2. The Morgan fingerprint density at radius 1 is 1.16 bits per heavy atom. The van der Waals surface area contributed by atoms with E-state index in [1.54, 1.807) is 4.90 Å². The van der Waals surface area contributed by atoms with E-state index in [9.17, 15) is 9.59 Å². The Morgan fingerprint density at radius 2 is 1.88 bits per heavy atom. The number of aromatic nitrogens is 1. The monoisotopic (exact) mass is 449 g/mol. The molecule has 1 aliphatic heterocycles. The maximum absolute atomic E-state index is 13.6. The summed E-state index contributed by atoms with van der Waals surface area (Å²) < 4.78 is 2.12. The molecule has 0 aliphatic carbocycles. The highest BCUT2D eigenvalue weighted by atomic mass is 32.2. The molecular formula is C26H31N3O2S. The Morgan fingerprint density at radius 3 is 2.59 bits per heavy atom. The van der Waals surface area contributed by atoms with Gasteiger partial charge in [0.15, 0.2) is 0 Å². The summed E-state index contributed by atoms with van der Waals surface area (Å²) in [6, 6.07) is 15.7. The number of nitrogens with zero attached hydrogens (tertiary/aromatic N) is 2. The first-order chi connectivity index (χ1) is 15.4. The molecule has 1 atom stereocenters. The summed E-state index contributed by atoms with van der Waals surface area (Å²) in [6.07, 6.45) is 0.904. The lowest BCUT2D eigenvalue weighted by molar-refractivity contribution is -0.139. The number of rotatable bonds is 6. The number of para-hydroxylation sites is 1. The molecule has 1 aliphatic rings. The average Bonchev–Trinajstić information content (AvgIpc) is 2.95. The zero-order valence-electron chi connectivity index (χ0n) is 19.2. The van der Waals surface area contributed by atoms with Crippen LogP contribution in [0.3, 0.4) is 0 Å². The van der Waals surface area contributed by atoms with Gasteiger partial charge in [-0.05, 0) is 30.9 Å². The summed E-state index contributed by atoms with van der Waals surface area (Å²) in [7, 11) is 2.02. The minimum atomic E-state index is -0.660. The fraction of sp³-hybridized carbons (Fsp3) is 0.385. The SMILES string of the molecule is Cc1ccc(CN2C(=O)CSc3c(c4ccccc4n3C)[C@@H]2C(=O)NCCC(C)C)cc1. The van der Waals surface area contributed by atoms with Gasteiger partial charge in [-0.2, -0.15) is 0 Å². The van der Waals surface area contributed by atoms with E-state index in [0.29, 0.717) is 24.8 Å². The van der Waals surface area contributed by atoms with Crippen LogP contribution in [0.5, 0.6) is 0 Å². The van der Waals surface area contributed by atoms with Gasteiger partial charge in [0.05, 0.1) is 10.8 Å². The molecule has 0 radical (unpaired) electrons. The zero-order valence-corrected chi connectivity index (χ0v) is 20.0. The first-order valence-electron chi connectivity index (χ1n) is 11.2. The number of thioether (sulfide) groups is 1. The van der Waals surface area contributed by atoms with E-state index < -0.39 is 6.04 Å². The summed E-state index contributed by atoms with van der Waals surface area (Å²) in [6.45, 7) is 7.34. The number of nitrogens with one attached hydrogen (secondary N) is 1. The summed E-state index contributed by atoms with van der Waals surface area (Å²) >= 11 is 1.53. The molecule has 0 saturated heterocycles. The van der Waals surface area contributed by atoms with Gasteiger partial charge < -0.3 is 14.8 Å². The second-order valence-electron chi connectivity index (χ2n) is 8.97. The molecule has 32 heavy (non-hydrogen) atoms. The molecular weight excluding hydrogens is 418 g/mol. The average molecular weight is 450 g/mol. The van der Waals surface area contributed by atoms with Crippen LogP contribution < -0.4 is 5.32 Å². The van der Waals surface area contributed by atoms with Crippen LogP contribution in [0.2, 0.25) is 0 Å². The van der Waals surface area contributed by atoms with Gasteiger partial charge in [-0.1, -0.05) is 73.6 Å². The molecule has 0 saturated carbocycles. The topological polar surface area (TPSA) is 54.3 Å². The Labute approximate surface area is 194 Å². The normalized spacial score (nSPS) is 16.3. The molecule has 6 heteroatoms. The van der Waals surface area contributed by atoms with Gasteiger partial charge in [0, 0.05) is 36.6 Å². The summed E-state index contributed by atoms with van der Waals surface area (Å²) in [5.41, 5.74) is 4.21. The molecule has 4 rings (SSSR count). The summed E-state index contributed by atoms with van der Waals surface area (Å²) in [5, 5.41) is 5.15. The molecule has 5 nitrogen and oxygen atoms in total. The number of carbonyl (C=O) groups is 2. The lowest BCUT2D eigenvalue weighted by Gasteiger charge is -2.30. The highest BCUT2D eigenvalue weighted by molar-refractivity contribution is 8.00. The number of fused-ring (bicyclic) bond motifs is 3. The third-order valence-corrected chi connectivity index (χ3v) is 7.23. The second kappa shape index (κ2) is 9.41. The van der Waals surface area contributed by atoms with Crippen LogP contribution in [0.25, 0.3) is 10.9 Å². The van der Waals surface area contributed by atoms with Gasteiger partial charge in [-0.15, -0.1) is 0 Å². The predicted octanol–water partition coefficient (Wildman–Crippen LogP) is 4.82. The summed E-state index contributed by atoms with van der Waals surface area (Å²) in [4.78, 5) is 28.7. The minimum Gasteiger partial charge on any atom is -0.354 e. The Balaban J connectivity index is 1.80. The van der Waals surface area contributed by atoms with Crippen molar-refractivity contribution in [2.24, 2.45) is 13.0 Å². The molecule has 0 fully saturated rings. The Bertz CT molecular complexity index is 1130. The van der Waals surface area contributed by atoms with E-state index >= 15 is 0 Å². The number of benzene rings is 2. The van der Waals surface area contributed by atoms with Crippen molar-refractivity contribution >= 4 is 34.5 Å². The molecule has 1 N–H and O–H groups in total. The van der Waals surface area contributed by atoms with Crippen molar-refractivity contribution < 1.29 is 9.59 Å². The maximum Gasteiger partial charge on any atom is 0.247 e. The van der Waals surface area contributed by atoms with Crippen molar-refractivity contribution in [2.75, 3.05) is 12.3 Å². The molecule has 0 bridgehead atoms. The first-order valence-corrected chi connectivity index (χ1v) is 12.2. The number of aryl methyl sites for hydroxylation is 2. The third kappa shape index (κ3) is 4.42. The zero-order chi connectivity index (χ0) is 22.8. The van der Waals surface area contributed by atoms with Crippen LogP contribution in [-0.4, -0.2) is 33.6 Å².